The van der Waals surface area contributed by atoms with E-state index in [-0.39, 0.29) is 11.7 Å². The third-order valence-electron chi connectivity index (χ3n) is 7.64. The summed E-state index contributed by atoms with van der Waals surface area (Å²) in [7, 11) is 0. The molecule has 0 saturated heterocycles. The molecule has 2 aliphatic rings. The highest BCUT2D eigenvalue weighted by molar-refractivity contribution is 5.84. The van der Waals surface area contributed by atoms with Gasteiger partial charge >= 0.3 is 0 Å². The van der Waals surface area contributed by atoms with Gasteiger partial charge in [-0.15, -0.1) is 0 Å². The van der Waals surface area contributed by atoms with Crippen molar-refractivity contribution in [2.45, 2.75) is 90.4 Å². The van der Waals surface area contributed by atoms with Crippen molar-refractivity contribution < 1.29 is 13.2 Å². The summed E-state index contributed by atoms with van der Waals surface area (Å²) in [5.41, 5.74) is 4.19. The highest BCUT2D eigenvalue weighted by Gasteiger charge is 2.27. The Morgan fingerprint density at radius 1 is 0.875 bits per heavy atom. The molecule has 1 saturated carbocycles. The lowest BCUT2D eigenvalue weighted by Crippen LogP contribution is -2.15. The molecule has 4 rings (SSSR count). The SMILES string of the molecule is CCCCCC1CCC(c2ccc(C3=Cc4cc(F)c(CC)cc4CC3)c(F)c2F)CC1. The maximum absolute atomic E-state index is 15.2. The molecule has 3 heteroatoms. The van der Waals surface area contributed by atoms with Crippen LogP contribution in [0.3, 0.4) is 0 Å². The van der Waals surface area contributed by atoms with E-state index >= 15 is 8.78 Å². The summed E-state index contributed by atoms with van der Waals surface area (Å²) in [6, 6.07) is 6.99. The van der Waals surface area contributed by atoms with Crippen molar-refractivity contribution in [3.63, 3.8) is 0 Å². The predicted molar refractivity (Wildman–Crippen MR) is 127 cm³/mol. The first-order chi connectivity index (χ1) is 15.5. The average molecular weight is 441 g/mol. The monoisotopic (exact) mass is 440 g/mol. The van der Waals surface area contributed by atoms with Gasteiger partial charge in [-0.05, 0) is 90.7 Å². The van der Waals surface area contributed by atoms with Crippen LogP contribution < -0.4 is 0 Å². The van der Waals surface area contributed by atoms with Gasteiger partial charge in [0.05, 0.1) is 0 Å². The molecule has 1 fully saturated rings. The number of allylic oxidation sites excluding steroid dienone is 1. The minimum atomic E-state index is -0.743. The lowest BCUT2D eigenvalue weighted by atomic mass is 9.76. The van der Waals surface area contributed by atoms with Gasteiger partial charge in [0.25, 0.3) is 0 Å². The van der Waals surface area contributed by atoms with Crippen molar-refractivity contribution in [1.29, 1.82) is 0 Å². The second-order valence-corrected chi connectivity index (χ2v) is 9.71. The predicted octanol–water partition coefficient (Wildman–Crippen LogP) is 9.01. The van der Waals surface area contributed by atoms with E-state index in [2.05, 4.69) is 6.92 Å². The summed E-state index contributed by atoms with van der Waals surface area (Å²) < 4.78 is 44.6. The molecule has 0 spiro atoms. The van der Waals surface area contributed by atoms with Gasteiger partial charge in [-0.1, -0.05) is 63.8 Å². The zero-order chi connectivity index (χ0) is 22.7. The Hall–Kier alpha value is -2.03. The van der Waals surface area contributed by atoms with E-state index in [9.17, 15) is 4.39 Å². The largest absolute Gasteiger partial charge is 0.207 e. The molecule has 0 nitrogen and oxygen atoms in total. The standard InChI is InChI=1S/C29H35F3/c1-3-5-6-7-19-8-10-21(11-9-19)25-14-15-26(29(32)28(25)31)23-13-12-22-16-20(4-2)27(30)18-24(22)17-23/h14-19,21H,3-13H2,1-2H3. The molecule has 0 heterocycles. The van der Waals surface area contributed by atoms with Gasteiger partial charge in [0.1, 0.15) is 5.82 Å². The van der Waals surface area contributed by atoms with Crippen molar-refractivity contribution in [3.8, 4) is 0 Å². The van der Waals surface area contributed by atoms with Crippen LogP contribution in [0.1, 0.15) is 105 Å². The first-order valence-corrected chi connectivity index (χ1v) is 12.5. The third kappa shape index (κ3) is 4.82. The van der Waals surface area contributed by atoms with Crippen molar-refractivity contribution in [3.05, 3.63) is 69.5 Å². The summed E-state index contributed by atoms with van der Waals surface area (Å²) in [6.07, 6.45) is 13.0. The van der Waals surface area contributed by atoms with Crippen LogP contribution in [0.15, 0.2) is 24.3 Å². The Labute approximate surface area is 190 Å². The number of hydrogen-bond acceptors (Lipinski definition) is 0. The Kier molecular flexibility index (Phi) is 7.43. The molecule has 0 unspecified atom stereocenters. The Balaban J connectivity index is 1.51. The summed E-state index contributed by atoms with van der Waals surface area (Å²) in [6.45, 7) is 4.16. The maximum Gasteiger partial charge on any atom is 0.166 e. The Bertz CT molecular complexity index is 980. The fourth-order valence-electron chi connectivity index (χ4n) is 5.62. The molecule has 0 atom stereocenters. The summed E-state index contributed by atoms with van der Waals surface area (Å²) >= 11 is 0. The molecule has 2 aromatic carbocycles. The third-order valence-corrected chi connectivity index (χ3v) is 7.64. The van der Waals surface area contributed by atoms with Crippen LogP contribution in [0, 0.1) is 23.4 Å². The van der Waals surface area contributed by atoms with E-state index in [1.54, 1.807) is 12.1 Å². The number of aryl methyl sites for hydroxylation is 2. The molecular formula is C29H35F3. The van der Waals surface area contributed by atoms with Crippen molar-refractivity contribution >= 4 is 11.6 Å². The highest BCUT2D eigenvalue weighted by atomic mass is 19.2. The molecule has 0 aromatic heterocycles. The van der Waals surface area contributed by atoms with E-state index in [1.165, 1.54) is 31.7 Å². The molecule has 2 aliphatic carbocycles. The molecule has 32 heavy (non-hydrogen) atoms. The van der Waals surface area contributed by atoms with Gasteiger partial charge in [-0.25, -0.2) is 13.2 Å². The Morgan fingerprint density at radius 2 is 1.66 bits per heavy atom. The first kappa shape index (κ1) is 23.1. The quantitative estimate of drug-likeness (QED) is 0.377. The number of rotatable bonds is 7. The summed E-state index contributed by atoms with van der Waals surface area (Å²) in [5.74, 6) is -0.797. The smallest absolute Gasteiger partial charge is 0.166 e. The van der Waals surface area contributed by atoms with Crippen LogP contribution in [0.4, 0.5) is 13.2 Å². The van der Waals surface area contributed by atoms with Crippen LogP contribution in [0.5, 0.6) is 0 Å². The topological polar surface area (TPSA) is 0 Å². The maximum atomic E-state index is 15.2. The van der Waals surface area contributed by atoms with Gasteiger partial charge < -0.3 is 0 Å². The van der Waals surface area contributed by atoms with Crippen LogP contribution in [0.25, 0.3) is 11.6 Å². The van der Waals surface area contributed by atoms with Gasteiger partial charge in [0.15, 0.2) is 11.6 Å². The zero-order valence-corrected chi connectivity index (χ0v) is 19.5. The first-order valence-electron chi connectivity index (χ1n) is 12.5. The van der Waals surface area contributed by atoms with E-state index < -0.39 is 11.6 Å². The lowest BCUT2D eigenvalue weighted by Gasteiger charge is -2.29. The van der Waals surface area contributed by atoms with Crippen molar-refractivity contribution in [2.24, 2.45) is 5.92 Å². The Morgan fingerprint density at radius 3 is 2.38 bits per heavy atom. The number of hydrogen-bond donors (Lipinski definition) is 0. The van der Waals surface area contributed by atoms with E-state index in [1.807, 2.05) is 19.1 Å². The fraction of sp³-hybridized carbons (Fsp3) is 0.517. The van der Waals surface area contributed by atoms with Crippen molar-refractivity contribution in [2.75, 3.05) is 0 Å². The minimum Gasteiger partial charge on any atom is -0.207 e. The van der Waals surface area contributed by atoms with Gasteiger partial charge in [-0.3, -0.25) is 0 Å². The van der Waals surface area contributed by atoms with Crippen LogP contribution in [-0.4, -0.2) is 0 Å². The normalized spacial score (nSPS) is 20.7. The lowest BCUT2D eigenvalue weighted by molar-refractivity contribution is 0.298. The number of halogens is 3. The van der Waals surface area contributed by atoms with Crippen LogP contribution >= 0.6 is 0 Å². The molecule has 0 radical (unpaired) electrons. The number of unbranched alkanes of at least 4 members (excludes halogenated alkanes) is 2. The zero-order valence-electron chi connectivity index (χ0n) is 19.5. The fourth-order valence-corrected chi connectivity index (χ4v) is 5.62. The summed E-state index contributed by atoms with van der Waals surface area (Å²) in [4.78, 5) is 0. The molecule has 172 valence electrons. The number of benzene rings is 2. The van der Waals surface area contributed by atoms with Gasteiger partial charge in [0.2, 0.25) is 0 Å². The van der Waals surface area contributed by atoms with Gasteiger partial charge in [0, 0.05) is 5.56 Å². The highest BCUT2D eigenvalue weighted by Crippen LogP contribution is 2.41. The minimum absolute atomic E-state index is 0.114. The van der Waals surface area contributed by atoms with E-state index in [0.29, 0.717) is 29.5 Å². The van der Waals surface area contributed by atoms with Crippen LogP contribution in [-0.2, 0) is 12.8 Å². The molecule has 2 aromatic rings. The molecular weight excluding hydrogens is 405 g/mol. The van der Waals surface area contributed by atoms with Crippen molar-refractivity contribution in [1.82, 2.24) is 0 Å². The van der Waals surface area contributed by atoms with Crippen LogP contribution in [0.2, 0.25) is 0 Å². The average Bonchev–Trinajstić information content (AvgIpc) is 2.81. The van der Waals surface area contributed by atoms with E-state index in [4.69, 9.17) is 0 Å². The van der Waals surface area contributed by atoms with Gasteiger partial charge in [-0.2, -0.15) is 0 Å². The molecule has 0 amide bonds. The molecule has 0 bridgehead atoms. The number of fused-ring (bicyclic) bond motifs is 1. The molecule has 0 aliphatic heterocycles. The van der Waals surface area contributed by atoms with E-state index in [0.717, 1.165) is 54.7 Å². The summed E-state index contributed by atoms with van der Waals surface area (Å²) in [5, 5.41) is 0. The second-order valence-electron chi connectivity index (χ2n) is 9.71. The second kappa shape index (κ2) is 10.3. The molecule has 0 N–H and O–H groups in total.